The summed E-state index contributed by atoms with van der Waals surface area (Å²) in [6.45, 7) is 2.73. The molecule has 1 atom stereocenters. The van der Waals surface area contributed by atoms with Crippen molar-refractivity contribution in [2.75, 3.05) is 24.5 Å². The van der Waals surface area contributed by atoms with Gasteiger partial charge in [-0.3, -0.25) is 0 Å². The molecule has 1 aliphatic carbocycles. The molecule has 2 aliphatic rings. The molecule has 2 fully saturated rings. The zero-order valence-electron chi connectivity index (χ0n) is 9.43. The molecule has 1 saturated heterocycles. The van der Waals surface area contributed by atoms with Crippen LogP contribution in [0.3, 0.4) is 0 Å². The molecule has 0 spiro atoms. The Labute approximate surface area is 95.0 Å². The summed E-state index contributed by atoms with van der Waals surface area (Å²) in [5, 5.41) is 4.05. The minimum Gasteiger partial charge on any atom is -0.330 e. The predicted octanol–water partition coefficient (Wildman–Crippen LogP) is 1.12. The van der Waals surface area contributed by atoms with Gasteiger partial charge < -0.3 is 15.2 Å². The van der Waals surface area contributed by atoms with Crippen molar-refractivity contribution in [3.05, 3.63) is 5.82 Å². The highest BCUT2D eigenvalue weighted by atomic mass is 16.5. The van der Waals surface area contributed by atoms with Crippen LogP contribution in [0.25, 0.3) is 0 Å². The first kappa shape index (κ1) is 10.1. The van der Waals surface area contributed by atoms with Gasteiger partial charge in [-0.2, -0.15) is 4.98 Å². The molecular weight excluding hydrogens is 204 g/mol. The number of nitrogens with two attached hydrogens (primary N) is 1. The summed E-state index contributed by atoms with van der Waals surface area (Å²) in [6.07, 6.45) is 4.81. The largest absolute Gasteiger partial charge is 0.330 e. The number of piperidine rings is 1. The van der Waals surface area contributed by atoms with E-state index in [0.717, 1.165) is 25.5 Å². The second-order valence-corrected chi connectivity index (χ2v) is 4.90. The molecule has 0 aromatic carbocycles. The van der Waals surface area contributed by atoms with Gasteiger partial charge in [-0.25, -0.2) is 0 Å². The highest BCUT2D eigenvalue weighted by Crippen LogP contribution is 2.39. The molecule has 0 radical (unpaired) electrons. The van der Waals surface area contributed by atoms with E-state index in [-0.39, 0.29) is 0 Å². The van der Waals surface area contributed by atoms with Crippen LogP contribution in [-0.2, 0) is 0 Å². The molecule has 5 nitrogen and oxygen atoms in total. The second kappa shape index (κ2) is 4.05. The van der Waals surface area contributed by atoms with Gasteiger partial charge >= 0.3 is 6.01 Å². The number of aromatic nitrogens is 2. The third-order valence-corrected chi connectivity index (χ3v) is 3.50. The smallest absolute Gasteiger partial charge is 0.324 e. The number of hydrogen-bond acceptors (Lipinski definition) is 5. The Bertz CT molecular complexity index is 361. The molecule has 0 bridgehead atoms. The van der Waals surface area contributed by atoms with Crippen LogP contribution >= 0.6 is 0 Å². The van der Waals surface area contributed by atoms with Gasteiger partial charge in [-0.05, 0) is 38.1 Å². The minimum atomic E-state index is 0.563. The van der Waals surface area contributed by atoms with Gasteiger partial charge in [-0.1, -0.05) is 5.16 Å². The van der Waals surface area contributed by atoms with Gasteiger partial charge in [0.1, 0.15) is 0 Å². The lowest BCUT2D eigenvalue weighted by Gasteiger charge is -2.30. The van der Waals surface area contributed by atoms with E-state index >= 15 is 0 Å². The third kappa shape index (κ3) is 1.91. The molecule has 1 unspecified atom stereocenters. The lowest BCUT2D eigenvalue weighted by Crippen LogP contribution is -2.38. The van der Waals surface area contributed by atoms with Gasteiger partial charge in [0.2, 0.25) is 0 Å². The van der Waals surface area contributed by atoms with E-state index in [1.165, 1.54) is 25.7 Å². The van der Waals surface area contributed by atoms with Gasteiger partial charge in [-0.15, -0.1) is 0 Å². The van der Waals surface area contributed by atoms with E-state index in [1.807, 2.05) is 0 Å². The van der Waals surface area contributed by atoms with Crippen molar-refractivity contribution >= 4 is 6.01 Å². The number of anilines is 1. The van der Waals surface area contributed by atoms with Crippen molar-refractivity contribution < 1.29 is 4.52 Å². The fourth-order valence-corrected chi connectivity index (χ4v) is 2.29. The Kier molecular flexibility index (Phi) is 2.55. The van der Waals surface area contributed by atoms with Gasteiger partial charge in [0.15, 0.2) is 5.82 Å². The maximum Gasteiger partial charge on any atom is 0.324 e. The van der Waals surface area contributed by atoms with E-state index in [2.05, 4.69) is 15.0 Å². The Morgan fingerprint density at radius 2 is 2.25 bits per heavy atom. The van der Waals surface area contributed by atoms with Crippen LogP contribution in [0.2, 0.25) is 0 Å². The Morgan fingerprint density at radius 1 is 1.38 bits per heavy atom. The fourth-order valence-electron chi connectivity index (χ4n) is 2.29. The van der Waals surface area contributed by atoms with Crippen LogP contribution < -0.4 is 10.6 Å². The maximum atomic E-state index is 5.71. The summed E-state index contributed by atoms with van der Waals surface area (Å²) in [5.74, 6) is 2.03. The molecule has 1 aliphatic heterocycles. The zero-order chi connectivity index (χ0) is 11.0. The predicted molar refractivity (Wildman–Crippen MR) is 60.3 cm³/mol. The van der Waals surface area contributed by atoms with Gasteiger partial charge in [0.25, 0.3) is 0 Å². The van der Waals surface area contributed by atoms with Gasteiger partial charge in [0, 0.05) is 19.0 Å². The Morgan fingerprint density at radius 3 is 3.00 bits per heavy atom. The fraction of sp³-hybridized carbons (Fsp3) is 0.818. The molecule has 16 heavy (non-hydrogen) atoms. The molecule has 1 aromatic rings. The quantitative estimate of drug-likeness (QED) is 0.830. The van der Waals surface area contributed by atoms with E-state index in [4.69, 9.17) is 10.3 Å². The molecule has 1 saturated carbocycles. The third-order valence-electron chi connectivity index (χ3n) is 3.50. The first-order chi connectivity index (χ1) is 7.86. The van der Waals surface area contributed by atoms with E-state index < -0.39 is 0 Å². The van der Waals surface area contributed by atoms with Gasteiger partial charge in [0.05, 0.1) is 0 Å². The molecule has 88 valence electrons. The van der Waals surface area contributed by atoms with E-state index in [1.54, 1.807) is 0 Å². The standard InChI is InChI=1S/C11H18N4O/c12-6-8-2-1-5-15(7-8)11-13-10(14-16-11)9-3-4-9/h8-9H,1-7,12H2. The van der Waals surface area contributed by atoms with Crippen molar-refractivity contribution in [1.29, 1.82) is 0 Å². The summed E-state index contributed by atoms with van der Waals surface area (Å²) >= 11 is 0. The number of hydrogen-bond donors (Lipinski definition) is 1. The van der Waals surface area contributed by atoms with Crippen LogP contribution in [-0.4, -0.2) is 29.8 Å². The van der Waals surface area contributed by atoms with Crippen LogP contribution in [0.15, 0.2) is 4.52 Å². The molecule has 2 heterocycles. The summed E-state index contributed by atoms with van der Waals surface area (Å²) in [7, 11) is 0. The first-order valence-electron chi connectivity index (χ1n) is 6.15. The summed E-state index contributed by atoms with van der Waals surface area (Å²) in [6, 6.07) is 0.694. The minimum absolute atomic E-state index is 0.563. The summed E-state index contributed by atoms with van der Waals surface area (Å²) < 4.78 is 5.32. The van der Waals surface area contributed by atoms with Crippen LogP contribution in [0, 0.1) is 5.92 Å². The first-order valence-corrected chi connectivity index (χ1v) is 6.15. The highest BCUT2D eigenvalue weighted by Gasteiger charge is 2.30. The zero-order valence-corrected chi connectivity index (χ0v) is 9.43. The number of rotatable bonds is 3. The SMILES string of the molecule is NCC1CCCN(c2nc(C3CC3)no2)C1. The van der Waals surface area contributed by atoms with Crippen molar-refractivity contribution in [3.63, 3.8) is 0 Å². The molecular formula is C11H18N4O. The Balaban J connectivity index is 1.70. The lowest BCUT2D eigenvalue weighted by atomic mass is 9.99. The molecule has 1 aromatic heterocycles. The molecule has 2 N–H and O–H groups in total. The van der Waals surface area contributed by atoms with E-state index in [0.29, 0.717) is 17.9 Å². The Hall–Kier alpha value is -1.10. The van der Waals surface area contributed by atoms with Crippen molar-refractivity contribution in [1.82, 2.24) is 10.1 Å². The van der Waals surface area contributed by atoms with Crippen LogP contribution in [0.4, 0.5) is 6.01 Å². The van der Waals surface area contributed by atoms with E-state index in [9.17, 15) is 0 Å². The monoisotopic (exact) mass is 222 g/mol. The highest BCUT2D eigenvalue weighted by molar-refractivity contribution is 5.27. The van der Waals surface area contributed by atoms with Crippen molar-refractivity contribution in [2.45, 2.75) is 31.6 Å². The molecule has 3 rings (SSSR count). The molecule has 5 heteroatoms. The normalized spacial score (nSPS) is 26.1. The average Bonchev–Trinajstić information content (AvgIpc) is 3.07. The number of nitrogens with zero attached hydrogens (tertiary/aromatic N) is 3. The van der Waals surface area contributed by atoms with Crippen LogP contribution in [0.5, 0.6) is 0 Å². The summed E-state index contributed by atoms with van der Waals surface area (Å²) in [5.41, 5.74) is 5.71. The average molecular weight is 222 g/mol. The van der Waals surface area contributed by atoms with Crippen molar-refractivity contribution in [3.8, 4) is 0 Å². The maximum absolute atomic E-state index is 5.71. The summed E-state index contributed by atoms with van der Waals surface area (Å²) in [4.78, 5) is 6.65. The molecule has 0 amide bonds. The van der Waals surface area contributed by atoms with Crippen molar-refractivity contribution in [2.24, 2.45) is 11.7 Å². The second-order valence-electron chi connectivity index (χ2n) is 4.90. The lowest BCUT2D eigenvalue weighted by molar-refractivity contribution is 0.365. The van der Waals surface area contributed by atoms with Crippen LogP contribution in [0.1, 0.15) is 37.4 Å². The topological polar surface area (TPSA) is 68.2 Å².